The molecule has 114 valence electrons. The van der Waals surface area contributed by atoms with Gasteiger partial charge >= 0.3 is 0 Å². The van der Waals surface area contributed by atoms with E-state index in [9.17, 15) is 0 Å². The predicted molar refractivity (Wildman–Crippen MR) is 87.4 cm³/mol. The van der Waals surface area contributed by atoms with E-state index in [1.165, 1.54) is 57.8 Å². The monoisotopic (exact) mass is 266 g/mol. The first-order valence-electron chi connectivity index (χ1n) is 8.96. The van der Waals surface area contributed by atoms with Gasteiger partial charge in [-0.15, -0.1) is 0 Å². The van der Waals surface area contributed by atoms with Gasteiger partial charge < -0.3 is 0 Å². The highest BCUT2D eigenvalue weighted by Gasteiger charge is 2.53. The second-order valence-corrected chi connectivity index (χ2v) is 7.74. The van der Waals surface area contributed by atoms with Crippen LogP contribution in [0.3, 0.4) is 0 Å². The van der Waals surface area contributed by atoms with E-state index in [-0.39, 0.29) is 0 Å². The van der Waals surface area contributed by atoms with Crippen molar-refractivity contribution in [3.05, 3.63) is 0 Å². The van der Waals surface area contributed by atoms with Crippen LogP contribution in [-0.4, -0.2) is 0 Å². The van der Waals surface area contributed by atoms with Crippen molar-refractivity contribution in [1.29, 1.82) is 0 Å². The van der Waals surface area contributed by atoms with Crippen molar-refractivity contribution in [3.8, 4) is 0 Å². The third kappa shape index (κ3) is 3.56. The van der Waals surface area contributed by atoms with Crippen molar-refractivity contribution in [2.75, 3.05) is 0 Å². The smallest absolute Gasteiger partial charge is 0.0238 e. The van der Waals surface area contributed by atoms with Gasteiger partial charge in [0.1, 0.15) is 0 Å². The maximum absolute atomic E-state index is 2.63. The van der Waals surface area contributed by atoms with Crippen molar-refractivity contribution >= 4 is 0 Å². The van der Waals surface area contributed by atoms with Gasteiger partial charge in [-0.2, -0.15) is 0 Å². The zero-order chi connectivity index (χ0) is 14.5. The summed E-state index contributed by atoms with van der Waals surface area (Å²) < 4.78 is 0. The van der Waals surface area contributed by atoms with Crippen LogP contribution in [-0.2, 0) is 0 Å². The SMILES string of the molecule is CCCC(C)(CC(C)CC)C1(CCC)CC(CC)C1. The average molecular weight is 267 g/mol. The summed E-state index contributed by atoms with van der Waals surface area (Å²) in [5.74, 6) is 1.92. The minimum absolute atomic E-state index is 0.596. The molecule has 1 rings (SSSR count). The van der Waals surface area contributed by atoms with Crippen LogP contribution in [0.25, 0.3) is 0 Å². The summed E-state index contributed by atoms with van der Waals surface area (Å²) >= 11 is 0. The normalized spacial score (nSPS) is 31.6. The highest BCUT2D eigenvalue weighted by atomic mass is 14.6. The van der Waals surface area contributed by atoms with E-state index in [4.69, 9.17) is 0 Å². The lowest BCUT2D eigenvalue weighted by molar-refractivity contribution is -0.0961. The molecule has 1 fully saturated rings. The summed E-state index contributed by atoms with van der Waals surface area (Å²) in [7, 11) is 0. The second kappa shape index (κ2) is 7.14. The summed E-state index contributed by atoms with van der Waals surface area (Å²) in [4.78, 5) is 0. The zero-order valence-electron chi connectivity index (χ0n) is 14.5. The fourth-order valence-electron chi connectivity index (χ4n) is 4.86. The molecule has 0 nitrogen and oxygen atoms in total. The van der Waals surface area contributed by atoms with E-state index in [0.29, 0.717) is 10.8 Å². The lowest BCUT2D eigenvalue weighted by atomic mass is 9.45. The minimum Gasteiger partial charge on any atom is -0.0654 e. The van der Waals surface area contributed by atoms with Crippen LogP contribution in [0.4, 0.5) is 0 Å². The predicted octanol–water partition coefficient (Wildman–Crippen LogP) is 6.84. The molecule has 19 heavy (non-hydrogen) atoms. The summed E-state index contributed by atoms with van der Waals surface area (Å²) in [5, 5.41) is 0. The Bertz CT molecular complexity index is 249. The van der Waals surface area contributed by atoms with Crippen molar-refractivity contribution in [2.45, 2.75) is 99.3 Å². The molecule has 0 radical (unpaired) electrons. The number of hydrogen-bond donors (Lipinski definition) is 0. The van der Waals surface area contributed by atoms with Gasteiger partial charge in [0.15, 0.2) is 0 Å². The quantitative estimate of drug-likeness (QED) is 0.429. The molecule has 0 N–H and O–H groups in total. The maximum atomic E-state index is 2.63. The molecule has 0 aromatic rings. The van der Waals surface area contributed by atoms with Gasteiger partial charge in [0.2, 0.25) is 0 Å². The molecule has 0 bridgehead atoms. The van der Waals surface area contributed by atoms with E-state index in [2.05, 4.69) is 41.5 Å². The molecule has 0 aromatic heterocycles. The summed E-state index contributed by atoms with van der Waals surface area (Å²) in [6, 6.07) is 0. The largest absolute Gasteiger partial charge is 0.0654 e. The molecule has 0 saturated heterocycles. The molecule has 0 aromatic carbocycles. The molecule has 1 saturated carbocycles. The number of rotatable bonds is 9. The number of hydrogen-bond acceptors (Lipinski definition) is 0. The Morgan fingerprint density at radius 1 is 1.11 bits per heavy atom. The zero-order valence-corrected chi connectivity index (χ0v) is 14.5. The van der Waals surface area contributed by atoms with Crippen LogP contribution in [0.15, 0.2) is 0 Å². The van der Waals surface area contributed by atoms with Gasteiger partial charge in [0.05, 0.1) is 0 Å². The van der Waals surface area contributed by atoms with Gasteiger partial charge in [-0.1, -0.05) is 67.2 Å². The van der Waals surface area contributed by atoms with Crippen LogP contribution in [0.5, 0.6) is 0 Å². The minimum atomic E-state index is 0.596. The van der Waals surface area contributed by atoms with Crippen molar-refractivity contribution in [2.24, 2.45) is 22.7 Å². The Hall–Kier alpha value is 0. The van der Waals surface area contributed by atoms with Crippen LogP contribution in [0.2, 0.25) is 0 Å². The molecule has 2 atom stereocenters. The molecule has 1 aliphatic rings. The van der Waals surface area contributed by atoms with E-state index in [1.807, 2.05) is 0 Å². The third-order valence-electron chi connectivity index (χ3n) is 6.24. The Balaban J connectivity index is 2.86. The van der Waals surface area contributed by atoms with E-state index in [1.54, 1.807) is 0 Å². The molecular weight excluding hydrogens is 228 g/mol. The Labute approximate surface area is 122 Å². The van der Waals surface area contributed by atoms with E-state index in [0.717, 1.165) is 11.8 Å². The molecule has 2 unspecified atom stereocenters. The lowest BCUT2D eigenvalue weighted by Crippen LogP contribution is -2.50. The van der Waals surface area contributed by atoms with Gasteiger partial charge in [-0.25, -0.2) is 0 Å². The Morgan fingerprint density at radius 2 is 1.74 bits per heavy atom. The third-order valence-corrected chi connectivity index (χ3v) is 6.24. The molecule has 0 aliphatic heterocycles. The highest BCUT2D eigenvalue weighted by Crippen LogP contribution is 2.63. The topological polar surface area (TPSA) is 0 Å². The summed E-state index contributed by atoms with van der Waals surface area (Å²) in [6.07, 6.45) is 12.9. The average Bonchev–Trinajstić information content (AvgIpc) is 2.33. The van der Waals surface area contributed by atoms with Gasteiger partial charge in [0.25, 0.3) is 0 Å². The van der Waals surface area contributed by atoms with Gasteiger partial charge in [-0.05, 0) is 54.8 Å². The summed E-state index contributed by atoms with van der Waals surface area (Å²) in [6.45, 7) is 14.6. The lowest BCUT2D eigenvalue weighted by Gasteiger charge is -2.60. The van der Waals surface area contributed by atoms with Crippen LogP contribution in [0.1, 0.15) is 99.3 Å². The van der Waals surface area contributed by atoms with Crippen LogP contribution in [0, 0.1) is 22.7 Å². The first-order valence-corrected chi connectivity index (χ1v) is 8.96. The fraction of sp³-hybridized carbons (Fsp3) is 1.00. The highest BCUT2D eigenvalue weighted by molar-refractivity contribution is 5.03. The fourth-order valence-corrected chi connectivity index (χ4v) is 4.86. The second-order valence-electron chi connectivity index (χ2n) is 7.74. The van der Waals surface area contributed by atoms with Crippen molar-refractivity contribution in [1.82, 2.24) is 0 Å². The molecule has 0 amide bonds. The van der Waals surface area contributed by atoms with Gasteiger partial charge in [-0.3, -0.25) is 0 Å². The maximum Gasteiger partial charge on any atom is -0.0238 e. The summed E-state index contributed by atoms with van der Waals surface area (Å²) in [5.41, 5.74) is 1.28. The van der Waals surface area contributed by atoms with E-state index >= 15 is 0 Å². The Morgan fingerprint density at radius 3 is 2.16 bits per heavy atom. The molecule has 1 aliphatic carbocycles. The van der Waals surface area contributed by atoms with Crippen LogP contribution < -0.4 is 0 Å². The molecule has 0 heterocycles. The first kappa shape index (κ1) is 17.1. The van der Waals surface area contributed by atoms with Crippen molar-refractivity contribution < 1.29 is 0 Å². The van der Waals surface area contributed by atoms with E-state index < -0.39 is 0 Å². The van der Waals surface area contributed by atoms with Gasteiger partial charge in [0, 0.05) is 0 Å². The molecular formula is C19H38. The Kier molecular flexibility index (Phi) is 6.40. The first-order chi connectivity index (χ1) is 8.96. The van der Waals surface area contributed by atoms with Crippen LogP contribution >= 0.6 is 0 Å². The molecule has 0 heteroatoms. The molecule has 0 spiro atoms. The standard InChI is InChI=1S/C19H38/c1-7-11-18(6,13-16(5)9-3)19(12-8-2)14-17(10-4)15-19/h16-17H,7-15H2,1-6H3. The van der Waals surface area contributed by atoms with Crippen molar-refractivity contribution in [3.63, 3.8) is 0 Å².